The highest BCUT2D eigenvalue weighted by Crippen LogP contribution is 2.41. The van der Waals surface area contributed by atoms with Crippen LogP contribution in [0.5, 0.6) is 0 Å². The number of hydrogen-bond acceptors (Lipinski definition) is 1. The third kappa shape index (κ3) is 4.35. The number of hydrogen-bond donors (Lipinski definition) is 1. The zero-order chi connectivity index (χ0) is 13.7. The summed E-state index contributed by atoms with van der Waals surface area (Å²) in [6.07, 6.45) is 9.58. The summed E-state index contributed by atoms with van der Waals surface area (Å²) in [7, 11) is 0. The van der Waals surface area contributed by atoms with E-state index in [2.05, 4.69) is 31.2 Å². The summed E-state index contributed by atoms with van der Waals surface area (Å²) in [5, 5.41) is 9.75. The van der Waals surface area contributed by atoms with Gasteiger partial charge in [-0.25, -0.2) is 0 Å². The van der Waals surface area contributed by atoms with Gasteiger partial charge in [0.15, 0.2) is 0 Å². The number of rotatable bonds is 6. The van der Waals surface area contributed by atoms with Crippen LogP contribution in [0, 0.1) is 5.41 Å². The highest BCUT2D eigenvalue weighted by molar-refractivity contribution is 5.24. The Balaban J connectivity index is 1.91. The number of benzene rings is 1. The Morgan fingerprint density at radius 1 is 1.21 bits per heavy atom. The Kier molecular flexibility index (Phi) is 5.04. The van der Waals surface area contributed by atoms with Crippen molar-refractivity contribution in [1.82, 2.24) is 0 Å². The fourth-order valence-electron chi connectivity index (χ4n) is 3.25. The first-order chi connectivity index (χ1) is 9.11. The summed E-state index contributed by atoms with van der Waals surface area (Å²) >= 11 is 0. The maximum atomic E-state index is 9.75. The minimum Gasteiger partial charge on any atom is -0.393 e. The van der Waals surface area contributed by atoms with Crippen LogP contribution in [-0.2, 0) is 12.8 Å². The van der Waals surface area contributed by atoms with E-state index in [1.807, 2.05) is 6.92 Å². The monoisotopic (exact) mass is 260 g/mol. The van der Waals surface area contributed by atoms with E-state index in [1.165, 1.54) is 49.7 Å². The lowest BCUT2D eigenvalue weighted by molar-refractivity contribution is 0.171. The second-order valence-corrected chi connectivity index (χ2v) is 6.60. The van der Waals surface area contributed by atoms with E-state index in [0.717, 1.165) is 12.8 Å². The van der Waals surface area contributed by atoms with Gasteiger partial charge in [-0.05, 0) is 55.1 Å². The molecule has 1 aromatic rings. The van der Waals surface area contributed by atoms with Crippen molar-refractivity contribution in [2.75, 3.05) is 0 Å². The third-order valence-corrected chi connectivity index (χ3v) is 4.76. The van der Waals surface area contributed by atoms with Crippen molar-refractivity contribution in [3.63, 3.8) is 0 Å². The SMILES string of the molecule is CCC(O)Cc1cccc(CCC2(C)CCCC2)c1. The highest BCUT2D eigenvalue weighted by atomic mass is 16.3. The van der Waals surface area contributed by atoms with E-state index in [1.54, 1.807) is 0 Å². The number of aliphatic hydroxyl groups excluding tert-OH is 1. The minimum absolute atomic E-state index is 0.192. The maximum absolute atomic E-state index is 9.75. The summed E-state index contributed by atoms with van der Waals surface area (Å²) in [5.41, 5.74) is 3.30. The van der Waals surface area contributed by atoms with E-state index in [4.69, 9.17) is 0 Å². The Bertz CT molecular complexity index is 390. The van der Waals surface area contributed by atoms with E-state index in [0.29, 0.717) is 5.41 Å². The van der Waals surface area contributed by atoms with Crippen molar-refractivity contribution in [1.29, 1.82) is 0 Å². The van der Waals surface area contributed by atoms with Gasteiger partial charge in [0.05, 0.1) is 6.10 Å². The summed E-state index contributed by atoms with van der Waals surface area (Å²) in [6.45, 7) is 4.49. The van der Waals surface area contributed by atoms with Crippen molar-refractivity contribution in [3.05, 3.63) is 35.4 Å². The Hall–Kier alpha value is -0.820. The first kappa shape index (κ1) is 14.6. The smallest absolute Gasteiger partial charge is 0.0577 e. The second-order valence-electron chi connectivity index (χ2n) is 6.60. The Morgan fingerprint density at radius 3 is 2.58 bits per heavy atom. The molecule has 1 nitrogen and oxygen atoms in total. The first-order valence-corrected chi connectivity index (χ1v) is 7.87. The molecule has 1 unspecified atom stereocenters. The van der Waals surface area contributed by atoms with Gasteiger partial charge in [0.1, 0.15) is 0 Å². The second kappa shape index (κ2) is 6.56. The molecule has 1 aliphatic rings. The molecule has 106 valence electrons. The Morgan fingerprint density at radius 2 is 1.89 bits per heavy atom. The zero-order valence-corrected chi connectivity index (χ0v) is 12.5. The molecule has 1 saturated carbocycles. The lowest BCUT2D eigenvalue weighted by Crippen LogP contribution is -2.12. The van der Waals surface area contributed by atoms with Gasteiger partial charge in [-0.3, -0.25) is 0 Å². The van der Waals surface area contributed by atoms with Crippen LogP contribution in [0.3, 0.4) is 0 Å². The van der Waals surface area contributed by atoms with Gasteiger partial charge in [0.2, 0.25) is 0 Å². The van der Waals surface area contributed by atoms with Crippen molar-refractivity contribution in [2.24, 2.45) is 5.41 Å². The van der Waals surface area contributed by atoms with Crippen LogP contribution >= 0.6 is 0 Å². The quantitative estimate of drug-likeness (QED) is 0.797. The van der Waals surface area contributed by atoms with Crippen LogP contribution in [0.2, 0.25) is 0 Å². The summed E-state index contributed by atoms with van der Waals surface area (Å²) in [4.78, 5) is 0. The van der Waals surface area contributed by atoms with Crippen molar-refractivity contribution in [3.8, 4) is 0 Å². The zero-order valence-electron chi connectivity index (χ0n) is 12.5. The molecule has 0 spiro atoms. The molecule has 1 aliphatic carbocycles. The minimum atomic E-state index is -0.192. The van der Waals surface area contributed by atoms with E-state index < -0.39 is 0 Å². The third-order valence-electron chi connectivity index (χ3n) is 4.76. The van der Waals surface area contributed by atoms with Gasteiger partial charge in [-0.1, -0.05) is 51.0 Å². The van der Waals surface area contributed by atoms with Crippen molar-refractivity contribution >= 4 is 0 Å². The summed E-state index contributed by atoms with van der Waals surface area (Å²) in [5.74, 6) is 0. The van der Waals surface area contributed by atoms with Crippen LogP contribution < -0.4 is 0 Å². The van der Waals surface area contributed by atoms with Gasteiger partial charge in [-0.2, -0.15) is 0 Å². The molecular weight excluding hydrogens is 232 g/mol. The molecular formula is C18H28O. The van der Waals surface area contributed by atoms with Gasteiger partial charge in [0, 0.05) is 0 Å². The average Bonchev–Trinajstić information content (AvgIpc) is 2.84. The van der Waals surface area contributed by atoms with Crippen LogP contribution in [0.15, 0.2) is 24.3 Å². The van der Waals surface area contributed by atoms with Gasteiger partial charge >= 0.3 is 0 Å². The van der Waals surface area contributed by atoms with Crippen molar-refractivity contribution < 1.29 is 5.11 Å². The Labute approximate surface area is 118 Å². The molecule has 1 aromatic carbocycles. The van der Waals surface area contributed by atoms with Crippen LogP contribution in [0.4, 0.5) is 0 Å². The van der Waals surface area contributed by atoms with E-state index in [9.17, 15) is 5.11 Å². The largest absolute Gasteiger partial charge is 0.393 e. The van der Waals surface area contributed by atoms with Crippen LogP contribution in [0.25, 0.3) is 0 Å². The lowest BCUT2D eigenvalue weighted by atomic mass is 9.82. The molecule has 1 fully saturated rings. The molecule has 0 aromatic heterocycles. The molecule has 0 bridgehead atoms. The molecule has 1 N–H and O–H groups in total. The fourth-order valence-corrected chi connectivity index (χ4v) is 3.25. The molecule has 0 amide bonds. The van der Waals surface area contributed by atoms with Crippen LogP contribution in [-0.4, -0.2) is 11.2 Å². The standard InChI is InChI=1S/C18H28O/c1-3-17(19)14-16-8-6-7-15(13-16)9-12-18(2)10-4-5-11-18/h6-8,13,17,19H,3-5,9-12,14H2,1-2H3. The lowest BCUT2D eigenvalue weighted by Gasteiger charge is -2.23. The molecule has 0 radical (unpaired) electrons. The van der Waals surface area contributed by atoms with Crippen molar-refractivity contribution in [2.45, 2.75) is 71.3 Å². The first-order valence-electron chi connectivity index (χ1n) is 7.87. The van der Waals surface area contributed by atoms with E-state index >= 15 is 0 Å². The molecule has 0 saturated heterocycles. The normalized spacial score (nSPS) is 19.5. The van der Waals surface area contributed by atoms with Gasteiger partial charge in [-0.15, -0.1) is 0 Å². The predicted molar refractivity (Wildman–Crippen MR) is 81.3 cm³/mol. The number of aryl methyl sites for hydroxylation is 1. The average molecular weight is 260 g/mol. The fraction of sp³-hybridized carbons (Fsp3) is 0.667. The maximum Gasteiger partial charge on any atom is 0.0577 e. The predicted octanol–water partition coefficient (Wildman–Crippen LogP) is 4.51. The molecule has 1 atom stereocenters. The molecule has 19 heavy (non-hydrogen) atoms. The highest BCUT2D eigenvalue weighted by Gasteiger charge is 2.27. The number of aliphatic hydroxyl groups is 1. The molecule has 0 aliphatic heterocycles. The van der Waals surface area contributed by atoms with Crippen LogP contribution in [0.1, 0.15) is 63.5 Å². The summed E-state index contributed by atoms with van der Waals surface area (Å²) < 4.78 is 0. The van der Waals surface area contributed by atoms with Gasteiger partial charge in [0.25, 0.3) is 0 Å². The summed E-state index contributed by atoms with van der Waals surface area (Å²) in [6, 6.07) is 8.81. The van der Waals surface area contributed by atoms with E-state index in [-0.39, 0.29) is 6.10 Å². The molecule has 0 heterocycles. The topological polar surface area (TPSA) is 20.2 Å². The molecule has 2 rings (SSSR count). The molecule has 1 heteroatoms. The van der Waals surface area contributed by atoms with Gasteiger partial charge < -0.3 is 5.11 Å².